The quantitative estimate of drug-likeness (QED) is 0.854. The average Bonchev–Trinajstić information content (AvgIpc) is 2.96. The molecular weight excluding hydrogens is 322 g/mol. The first kappa shape index (κ1) is 16.9. The molecule has 128 valence electrons. The molecule has 5 nitrogen and oxygen atoms in total. The molecule has 1 amide bonds. The van der Waals surface area contributed by atoms with Crippen LogP contribution in [0.1, 0.15) is 10.6 Å². The number of thiazole rings is 1. The second-order valence-corrected chi connectivity index (χ2v) is 7.20. The third-order valence-electron chi connectivity index (χ3n) is 4.40. The van der Waals surface area contributed by atoms with E-state index in [-0.39, 0.29) is 5.91 Å². The molecule has 1 aliphatic heterocycles. The van der Waals surface area contributed by atoms with E-state index in [1.54, 1.807) is 18.4 Å². The first-order valence-corrected chi connectivity index (χ1v) is 8.95. The number of likely N-dealkylation sites (N-methyl/N-ethyl adjacent to an activating group) is 1. The van der Waals surface area contributed by atoms with E-state index in [0.717, 1.165) is 53.1 Å². The number of benzene rings is 1. The number of piperazine rings is 1. The van der Waals surface area contributed by atoms with Crippen LogP contribution in [0.25, 0.3) is 10.6 Å². The molecule has 1 aliphatic rings. The average molecular weight is 345 g/mol. The van der Waals surface area contributed by atoms with Gasteiger partial charge in [0.05, 0.1) is 19.2 Å². The zero-order chi connectivity index (χ0) is 17.1. The van der Waals surface area contributed by atoms with Crippen LogP contribution >= 0.6 is 11.3 Å². The molecule has 1 saturated heterocycles. The molecule has 0 spiro atoms. The monoisotopic (exact) mass is 345 g/mol. The zero-order valence-electron chi connectivity index (χ0n) is 14.4. The maximum Gasteiger partial charge on any atom is 0.227 e. The van der Waals surface area contributed by atoms with Gasteiger partial charge in [0.25, 0.3) is 0 Å². The van der Waals surface area contributed by atoms with Crippen molar-refractivity contribution in [3.8, 4) is 16.3 Å². The third kappa shape index (κ3) is 3.76. The highest BCUT2D eigenvalue weighted by Gasteiger charge is 2.21. The van der Waals surface area contributed by atoms with Gasteiger partial charge >= 0.3 is 0 Å². The number of hydrogen-bond acceptors (Lipinski definition) is 5. The summed E-state index contributed by atoms with van der Waals surface area (Å²) in [4.78, 5) is 22.4. The molecule has 0 unspecified atom stereocenters. The van der Waals surface area contributed by atoms with E-state index in [2.05, 4.69) is 16.9 Å². The van der Waals surface area contributed by atoms with Crippen molar-refractivity contribution >= 4 is 17.2 Å². The third-order valence-corrected chi connectivity index (χ3v) is 5.60. The Hall–Kier alpha value is -1.92. The van der Waals surface area contributed by atoms with Crippen LogP contribution in [-0.2, 0) is 11.2 Å². The second-order valence-electron chi connectivity index (χ2n) is 6.12. The van der Waals surface area contributed by atoms with Crippen molar-refractivity contribution in [2.45, 2.75) is 13.3 Å². The van der Waals surface area contributed by atoms with Crippen molar-refractivity contribution in [1.82, 2.24) is 14.8 Å². The summed E-state index contributed by atoms with van der Waals surface area (Å²) in [6.07, 6.45) is 0.448. The predicted molar refractivity (Wildman–Crippen MR) is 96.6 cm³/mol. The number of amides is 1. The smallest absolute Gasteiger partial charge is 0.227 e. The molecule has 1 aromatic heterocycles. The lowest BCUT2D eigenvalue weighted by molar-refractivity contribution is -0.131. The van der Waals surface area contributed by atoms with Crippen molar-refractivity contribution < 1.29 is 9.53 Å². The number of methoxy groups -OCH3 is 1. The number of hydrogen-bond donors (Lipinski definition) is 0. The SMILES string of the molecule is COc1ccc(-c2nc(C)c(CC(=O)N3CCN(C)CC3)s2)cc1. The Morgan fingerprint density at radius 2 is 1.88 bits per heavy atom. The highest BCUT2D eigenvalue weighted by Crippen LogP contribution is 2.29. The maximum atomic E-state index is 12.5. The molecule has 0 bridgehead atoms. The molecule has 24 heavy (non-hydrogen) atoms. The van der Waals surface area contributed by atoms with Gasteiger partial charge in [0.1, 0.15) is 10.8 Å². The minimum Gasteiger partial charge on any atom is -0.497 e. The number of aromatic nitrogens is 1. The summed E-state index contributed by atoms with van der Waals surface area (Å²) in [6.45, 7) is 5.52. The molecule has 0 radical (unpaired) electrons. The Morgan fingerprint density at radius 1 is 1.21 bits per heavy atom. The first-order valence-electron chi connectivity index (χ1n) is 8.14. The molecular formula is C18H23N3O2S. The van der Waals surface area contributed by atoms with Crippen LogP contribution in [0.2, 0.25) is 0 Å². The fraction of sp³-hybridized carbons (Fsp3) is 0.444. The molecule has 3 rings (SSSR count). The fourth-order valence-electron chi connectivity index (χ4n) is 2.75. The summed E-state index contributed by atoms with van der Waals surface area (Å²) < 4.78 is 5.19. The summed E-state index contributed by atoms with van der Waals surface area (Å²) in [7, 11) is 3.75. The summed E-state index contributed by atoms with van der Waals surface area (Å²) in [6, 6.07) is 7.87. The topological polar surface area (TPSA) is 45.7 Å². The van der Waals surface area contributed by atoms with Gasteiger partial charge in [-0.25, -0.2) is 4.98 Å². The zero-order valence-corrected chi connectivity index (χ0v) is 15.2. The number of carbonyl (C=O) groups is 1. The van der Waals surface area contributed by atoms with Gasteiger partial charge in [-0.15, -0.1) is 11.3 Å². The van der Waals surface area contributed by atoms with Crippen LogP contribution < -0.4 is 4.74 Å². The van der Waals surface area contributed by atoms with E-state index >= 15 is 0 Å². The van der Waals surface area contributed by atoms with E-state index in [4.69, 9.17) is 4.74 Å². The molecule has 0 saturated carbocycles. The predicted octanol–water partition coefficient (Wildman–Crippen LogP) is 2.44. The lowest BCUT2D eigenvalue weighted by Gasteiger charge is -2.32. The van der Waals surface area contributed by atoms with Gasteiger partial charge < -0.3 is 14.5 Å². The van der Waals surface area contributed by atoms with E-state index in [9.17, 15) is 4.79 Å². The first-order chi connectivity index (χ1) is 11.6. The van der Waals surface area contributed by atoms with Gasteiger partial charge in [0.2, 0.25) is 5.91 Å². The van der Waals surface area contributed by atoms with Gasteiger partial charge in [-0.3, -0.25) is 4.79 Å². The molecule has 2 heterocycles. The molecule has 1 aromatic carbocycles. The molecule has 0 atom stereocenters. The normalized spacial score (nSPS) is 15.5. The van der Waals surface area contributed by atoms with Crippen molar-refractivity contribution in [3.63, 3.8) is 0 Å². The van der Waals surface area contributed by atoms with Crippen molar-refractivity contribution in [2.24, 2.45) is 0 Å². The Bertz CT molecular complexity index is 704. The van der Waals surface area contributed by atoms with Crippen LogP contribution in [0.4, 0.5) is 0 Å². The van der Waals surface area contributed by atoms with Crippen LogP contribution in [0.3, 0.4) is 0 Å². The summed E-state index contributed by atoms with van der Waals surface area (Å²) in [5.41, 5.74) is 2.01. The molecule has 1 fully saturated rings. The molecule has 0 N–H and O–H groups in total. The Morgan fingerprint density at radius 3 is 2.50 bits per heavy atom. The van der Waals surface area contributed by atoms with Gasteiger partial charge in [-0.1, -0.05) is 0 Å². The van der Waals surface area contributed by atoms with Gasteiger partial charge in [-0.2, -0.15) is 0 Å². The summed E-state index contributed by atoms with van der Waals surface area (Å²) in [5, 5.41) is 0.955. The number of ether oxygens (including phenoxy) is 1. The van der Waals surface area contributed by atoms with E-state index in [1.165, 1.54) is 0 Å². The Labute approximate surface area is 146 Å². The van der Waals surface area contributed by atoms with Gasteiger partial charge in [0, 0.05) is 36.6 Å². The van der Waals surface area contributed by atoms with Crippen LogP contribution in [0, 0.1) is 6.92 Å². The number of nitrogens with zero attached hydrogens (tertiary/aromatic N) is 3. The maximum absolute atomic E-state index is 12.5. The van der Waals surface area contributed by atoms with Crippen molar-refractivity contribution in [2.75, 3.05) is 40.3 Å². The number of rotatable bonds is 4. The molecule has 2 aromatic rings. The Kier molecular flexibility index (Phi) is 5.16. The van der Waals surface area contributed by atoms with Gasteiger partial charge in [0.15, 0.2) is 0 Å². The standard InChI is InChI=1S/C18H23N3O2S/c1-13-16(12-17(22)21-10-8-20(2)9-11-21)24-18(19-13)14-4-6-15(23-3)7-5-14/h4-7H,8-12H2,1-3H3. The van der Waals surface area contributed by atoms with Crippen LogP contribution in [0.5, 0.6) is 5.75 Å². The van der Waals surface area contributed by atoms with Crippen molar-refractivity contribution in [3.05, 3.63) is 34.8 Å². The minimum atomic E-state index is 0.205. The van der Waals surface area contributed by atoms with E-state index in [1.807, 2.05) is 36.1 Å². The lowest BCUT2D eigenvalue weighted by atomic mass is 10.2. The minimum absolute atomic E-state index is 0.205. The number of aryl methyl sites for hydroxylation is 1. The van der Waals surface area contributed by atoms with Crippen molar-refractivity contribution in [1.29, 1.82) is 0 Å². The second kappa shape index (κ2) is 7.32. The van der Waals surface area contributed by atoms with Gasteiger partial charge in [-0.05, 0) is 38.2 Å². The molecule has 0 aliphatic carbocycles. The largest absolute Gasteiger partial charge is 0.497 e. The Balaban J connectivity index is 1.70. The lowest BCUT2D eigenvalue weighted by Crippen LogP contribution is -2.47. The molecule has 6 heteroatoms. The highest BCUT2D eigenvalue weighted by atomic mass is 32.1. The number of carbonyl (C=O) groups excluding carboxylic acids is 1. The van der Waals surface area contributed by atoms with E-state index in [0.29, 0.717) is 6.42 Å². The fourth-order valence-corrected chi connectivity index (χ4v) is 3.81. The van der Waals surface area contributed by atoms with E-state index < -0.39 is 0 Å². The highest BCUT2D eigenvalue weighted by molar-refractivity contribution is 7.15. The summed E-state index contributed by atoms with van der Waals surface area (Å²) >= 11 is 1.61. The van der Waals surface area contributed by atoms with Crippen LogP contribution in [0.15, 0.2) is 24.3 Å². The van der Waals surface area contributed by atoms with Crippen LogP contribution in [-0.4, -0.2) is 61.0 Å². The summed E-state index contributed by atoms with van der Waals surface area (Å²) in [5.74, 6) is 1.04.